The second-order valence-electron chi connectivity index (χ2n) is 7.48. The van der Waals surface area contributed by atoms with Crippen molar-refractivity contribution in [1.29, 1.82) is 0 Å². The van der Waals surface area contributed by atoms with Crippen LogP contribution in [0.2, 0.25) is 0 Å². The summed E-state index contributed by atoms with van der Waals surface area (Å²) in [6.45, 7) is 6.18. The zero-order valence-electron chi connectivity index (χ0n) is 16.8. The normalized spacial score (nSPS) is 15.4. The van der Waals surface area contributed by atoms with Crippen LogP contribution in [0.1, 0.15) is 24.2 Å². The minimum atomic E-state index is 0. The molecule has 0 aliphatic carbocycles. The molecule has 1 aliphatic heterocycles. The lowest BCUT2D eigenvalue weighted by Gasteiger charge is -2.32. The van der Waals surface area contributed by atoms with Gasteiger partial charge in [0.05, 0.1) is 17.6 Å². The molecule has 0 bridgehead atoms. The molecule has 2 aromatic heterocycles. The van der Waals surface area contributed by atoms with Crippen molar-refractivity contribution in [3.63, 3.8) is 0 Å². The van der Waals surface area contributed by atoms with E-state index < -0.39 is 0 Å². The number of fused-ring (bicyclic) bond motifs is 1. The van der Waals surface area contributed by atoms with E-state index >= 15 is 0 Å². The number of imidazole rings is 1. The van der Waals surface area contributed by atoms with E-state index in [1.807, 2.05) is 31.2 Å². The number of benzene rings is 1. The fraction of sp³-hybridized carbons (Fsp3) is 0.429. The first-order valence-electron chi connectivity index (χ1n) is 9.94. The molecule has 1 fully saturated rings. The summed E-state index contributed by atoms with van der Waals surface area (Å²) < 4.78 is 2.11. The Morgan fingerprint density at radius 2 is 1.90 bits per heavy atom. The van der Waals surface area contributed by atoms with E-state index in [1.165, 1.54) is 0 Å². The van der Waals surface area contributed by atoms with Gasteiger partial charge in [-0.1, -0.05) is 12.1 Å². The van der Waals surface area contributed by atoms with Crippen LogP contribution in [-0.2, 0) is 6.54 Å². The number of aromatic hydroxyl groups is 1. The fourth-order valence-electron chi connectivity index (χ4n) is 3.88. The van der Waals surface area contributed by atoms with E-state index in [9.17, 15) is 5.11 Å². The van der Waals surface area contributed by atoms with Crippen LogP contribution in [0.15, 0.2) is 36.4 Å². The molecular weight excluding hydrogens is 368 g/mol. The predicted molar refractivity (Wildman–Crippen MR) is 115 cm³/mol. The number of hydrogen-bond acceptors (Lipinski definition) is 6. The van der Waals surface area contributed by atoms with Crippen molar-refractivity contribution in [3.05, 3.63) is 47.8 Å². The molecule has 0 spiro atoms. The fourth-order valence-corrected chi connectivity index (χ4v) is 3.88. The van der Waals surface area contributed by atoms with Gasteiger partial charge in [0, 0.05) is 37.9 Å². The molecule has 8 nitrogen and oxygen atoms in total. The lowest BCUT2D eigenvalue weighted by Crippen LogP contribution is -2.41. The average molecular weight is 399 g/mol. The van der Waals surface area contributed by atoms with Crippen molar-refractivity contribution in [2.24, 2.45) is 5.73 Å². The van der Waals surface area contributed by atoms with Crippen molar-refractivity contribution in [2.45, 2.75) is 32.4 Å². The SMILES string of the molecule is Cc1ccc(O)c(Cn2c(NC3CCN(CCN)CC3)nc3ccccc32)n1.O. The van der Waals surface area contributed by atoms with Gasteiger partial charge in [0.25, 0.3) is 0 Å². The Bertz CT molecular complexity index is 949. The quantitative estimate of drug-likeness (QED) is 0.578. The molecule has 6 N–H and O–H groups in total. The van der Waals surface area contributed by atoms with Crippen LogP contribution in [-0.4, -0.2) is 62.2 Å². The number of likely N-dealkylation sites (tertiary alicyclic amines) is 1. The molecule has 1 aromatic carbocycles. The van der Waals surface area contributed by atoms with Crippen LogP contribution in [0, 0.1) is 6.92 Å². The van der Waals surface area contributed by atoms with Crippen LogP contribution in [0.5, 0.6) is 5.75 Å². The maximum absolute atomic E-state index is 10.3. The third kappa shape index (κ3) is 4.67. The van der Waals surface area contributed by atoms with Gasteiger partial charge in [-0.05, 0) is 44.0 Å². The molecule has 0 unspecified atom stereocenters. The van der Waals surface area contributed by atoms with Gasteiger partial charge in [-0.3, -0.25) is 4.98 Å². The summed E-state index contributed by atoms with van der Waals surface area (Å²) in [5.74, 6) is 1.05. The van der Waals surface area contributed by atoms with Crippen molar-refractivity contribution >= 4 is 17.0 Å². The number of para-hydroxylation sites is 2. The predicted octanol–water partition coefficient (Wildman–Crippen LogP) is 1.50. The molecule has 3 heterocycles. The zero-order valence-corrected chi connectivity index (χ0v) is 16.8. The third-order valence-electron chi connectivity index (χ3n) is 5.42. The smallest absolute Gasteiger partial charge is 0.204 e. The number of pyridine rings is 1. The Balaban J connectivity index is 0.00000240. The highest BCUT2D eigenvalue weighted by atomic mass is 16.3. The van der Waals surface area contributed by atoms with E-state index in [1.54, 1.807) is 6.07 Å². The van der Waals surface area contributed by atoms with Gasteiger partial charge in [0.1, 0.15) is 11.4 Å². The first-order valence-corrected chi connectivity index (χ1v) is 9.94. The van der Waals surface area contributed by atoms with Gasteiger partial charge in [0.2, 0.25) is 5.95 Å². The highest BCUT2D eigenvalue weighted by molar-refractivity contribution is 5.78. The van der Waals surface area contributed by atoms with Crippen molar-refractivity contribution < 1.29 is 10.6 Å². The van der Waals surface area contributed by atoms with Gasteiger partial charge >= 0.3 is 0 Å². The molecule has 8 heteroatoms. The van der Waals surface area contributed by atoms with E-state index in [-0.39, 0.29) is 11.2 Å². The second-order valence-corrected chi connectivity index (χ2v) is 7.48. The van der Waals surface area contributed by atoms with Gasteiger partial charge in [-0.2, -0.15) is 0 Å². The maximum atomic E-state index is 10.3. The number of rotatable bonds is 6. The van der Waals surface area contributed by atoms with Gasteiger partial charge in [-0.25, -0.2) is 4.98 Å². The number of aryl methyl sites for hydroxylation is 1. The third-order valence-corrected chi connectivity index (χ3v) is 5.42. The Labute approximate surface area is 170 Å². The summed E-state index contributed by atoms with van der Waals surface area (Å²) >= 11 is 0. The molecule has 1 saturated heterocycles. The van der Waals surface area contributed by atoms with Crippen molar-refractivity contribution in [2.75, 3.05) is 31.5 Å². The minimum Gasteiger partial charge on any atom is -0.506 e. The second kappa shape index (κ2) is 9.21. The van der Waals surface area contributed by atoms with Crippen LogP contribution in [0.4, 0.5) is 5.95 Å². The van der Waals surface area contributed by atoms with Gasteiger partial charge < -0.3 is 31.1 Å². The number of anilines is 1. The molecule has 0 radical (unpaired) electrons. The van der Waals surface area contributed by atoms with Crippen LogP contribution in [0.3, 0.4) is 0 Å². The van der Waals surface area contributed by atoms with E-state index in [0.29, 0.717) is 24.8 Å². The Kier molecular flexibility index (Phi) is 6.68. The number of nitrogens with zero attached hydrogens (tertiary/aromatic N) is 4. The maximum Gasteiger partial charge on any atom is 0.204 e. The van der Waals surface area contributed by atoms with E-state index in [4.69, 9.17) is 10.7 Å². The molecule has 1 aliphatic rings. The van der Waals surface area contributed by atoms with Crippen molar-refractivity contribution in [1.82, 2.24) is 19.4 Å². The number of aromatic nitrogens is 3. The highest BCUT2D eigenvalue weighted by Gasteiger charge is 2.21. The zero-order chi connectivity index (χ0) is 19.5. The Morgan fingerprint density at radius 1 is 1.14 bits per heavy atom. The molecule has 0 atom stereocenters. The van der Waals surface area contributed by atoms with Crippen LogP contribution >= 0.6 is 0 Å². The van der Waals surface area contributed by atoms with Gasteiger partial charge in [-0.15, -0.1) is 0 Å². The molecule has 3 aromatic rings. The first kappa shape index (κ1) is 21.0. The van der Waals surface area contributed by atoms with Crippen LogP contribution in [0.25, 0.3) is 11.0 Å². The number of hydrogen-bond donors (Lipinski definition) is 3. The highest BCUT2D eigenvalue weighted by Crippen LogP contribution is 2.25. The molecular formula is C21H30N6O2. The largest absolute Gasteiger partial charge is 0.506 e. The minimum absolute atomic E-state index is 0. The van der Waals surface area contributed by atoms with E-state index in [0.717, 1.165) is 55.2 Å². The topological polar surface area (TPSA) is 124 Å². The number of nitrogens with two attached hydrogens (primary N) is 1. The molecule has 4 rings (SSSR count). The average Bonchev–Trinajstić information content (AvgIpc) is 3.04. The molecule has 0 amide bonds. The lowest BCUT2D eigenvalue weighted by molar-refractivity contribution is 0.224. The monoisotopic (exact) mass is 398 g/mol. The Morgan fingerprint density at radius 3 is 2.66 bits per heavy atom. The summed E-state index contributed by atoms with van der Waals surface area (Å²) in [5, 5.41) is 13.9. The summed E-state index contributed by atoms with van der Waals surface area (Å²) in [7, 11) is 0. The lowest BCUT2D eigenvalue weighted by atomic mass is 10.1. The first-order chi connectivity index (χ1) is 13.6. The summed E-state index contributed by atoms with van der Waals surface area (Å²) in [5.41, 5.74) is 9.20. The summed E-state index contributed by atoms with van der Waals surface area (Å²) in [6, 6.07) is 12.0. The molecule has 156 valence electrons. The standard InChI is InChI=1S/C21H28N6O.H2O/c1-15-6-7-20(28)18(23-15)14-27-19-5-3-2-4-17(19)25-21(27)24-16-8-11-26(12-9-16)13-10-22;/h2-7,16,28H,8-14,22H2,1H3,(H,24,25);1H2. The van der Waals surface area contributed by atoms with Gasteiger partial charge in [0.15, 0.2) is 0 Å². The van der Waals surface area contributed by atoms with Crippen LogP contribution < -0.4 is 11.1 Å². The van der Waals surface area contributed by atoms with Crippen molar-refractivity contribution in [3.8, 4) is 5.75 Å². The van der Waals surface area contributed by atoms with E-state index in [2.05, 4.69) is 25.8 Å². The number of piperidine rings is 1. The summed E-state index contributed by atoms with van der Waals surface area (Å²) in [4.78, 5) is 11.8. The Hall–Kier alpha value is -2.68. The number of nitrogens with one attached hydrogen (secondary N) is 1. The molecule has 29 heavy (non-hydrogen) atoms. The molecule has 0 saturated carbocycles. The summed E-state index contributed by atoms with van der Waals surface area (Å²) in [6.07, 6.45) is 2.13.